The largest absolute Gasteiger partial charge is 0.416 e. The van der Waals surface area contributed by atoms with Crippen LogP contribution in [0.25, 0.3) is 22.2 Å². The second-order valence-electron chi connectivity index (χ2n) is 4.90. The summed E-state index contributed by atoms with van der Waals surface area (Å²) in [7, 11) is 1.86. The van der Waals surface area contributed by atoms with E-state index < -0.39 is 11.7 Å². The van der Waals surface area contributed by atoms with Gasteiger partial charge in [0.15, 0.2) is 0 Å². The van der Waals surface area contributed by atoms with Crippen molar-refractivity contribution in [2.75, 3.05) is 5.73 Å². The number of nitrogens with zero attached hydrogens (tertiary/aromatic N) is 2. The fourth-order valence-corrected chi connectivity index (χ4v) is 2.29. The Labute approximate surface area is 118 Å². The van der Waals surface area contributed by atoms with E-state index >= 15 is 0 Å². The van der Waals surface area contributed by atoms with E-state index in [1.807, 2.05) is 23.9 Å². The molecule has 0 radical (unpaired) electrons. The van der Waals surface area contributed by atoms with Crippen molar-refractivity contribution in [2.45, 2.75) is 6.18 Å². The molecule has 0 amide bonds. The quantitative estimate of drug-likeness (QED) is 0.692. The Hall–Kier alpha value is -2.50. The molecule has 108 valence electrons. The lowest BCUT2D eigenvalue weighted by Crippen LogP contribution is -2.06. The number of rotatable bonds is 1. The highest BCUT2D eigenvalue weighted by molar-refractivity contribution is 5.82. The van der Waals surface area contributed by atoms with Gasteiger partial charge in [0, 0.05) is 36.1 Å². The first-order chi connectivity index (χ1) is 9.84. The molecule has 1 aromatic carbocycles. The fraction of sp³-hybridized carbons (Fsp3) is 0.133. The molecule has 3 nitrogen and oxygen atoms in total. The van der Waals surface area contributed by atoms with E-state index in [1.54, 1.807) is 12.3 Å². The van der Waals surface area contributed by atoms with Gasteiger partial charge in [0.1, 0.15) is 5.65 Å². The van der Waals surface area contributed by atoms with E-state index in [0.717, 1.165) is 23.2 Å². The first kappa shape index (κ1) is 13.5. The Morgan fingerprint density at radius 2 is 1.86 bits per heavy atom. The zero-order chi connectivity index (χ0) is 15.2. The molecule has 0 atom stereocenters. The zero-order valence-corrected chi connectivity index (χ0v) is 11.1. The molecule has 2 N–H and O–H groups in total. The van der Waals surface area contributed by atoms with Gasteiger partial charge < -0.3 is 10.3 Å². The lowest BCUT2D eigenvalue weighted by Gasteiger charge is -2.10. The van der Waals surface area contributed by atoms with Crippen molar-refractivity contribution in [2.24, 2.45) is 7.05 Å². The molecule has 2 heterocycles. The maximum atomic E-state index is 12.8. The Balaban J connectivity index is 2.15. The number of pyridine rings is 1. The highest BCUT2D eigenvalue weighted by Crippen LogP contribution is 2.34. The SMILES string of the molecule is Cn1ccc2cc(-c3cc(N)cc(C(F)(F)F)c3)cnc21. The van der Waals surface area contributed by atoms with Crippen LogP contribution in [-0.4, -0.2) is 9.55 Å². The highest BCUT2D eigenvalue weighted by Gasteiger charge is 2.31. The Morgan fingerprint density at radius 3 is 2.57 bits per heavy atom. The predicted octanol–water partition coefficient (Wildman–Crippen LogP) is 3.84. The van der Waals surface area contributed by atoms with Gasteiger partial charge in [-0.15, -0.1) is 0 Å². The van der Waals surface area contributed by atoms with Gasteiger partial charge in [-0.05, 0) is 35.9 Å². The minimum absolute atomic E-state index is 0.0768. The van der Waals surface area contributed by atoms with Gasteiger partial charge in [-0.3, -0.25) is 0 Å². The van der Waals surface area contributed by atoms with Crippen molar-refractivity contribution in [3.05, 3.63) is 48.3 Å². The van der Waals surface area contributed by atoms with Crippen molar-refractivity contribution in [1.29, 1.82) is 0 Å². The monoisotopic (exact) mass is 291 g/mol. The van der Waals surface area contributed by atoms with E-state index in [4.69, 9.17) is 5.73 Å². The van der Waals surface area contributed by atoms with Crippen molar-refractivity contribution in [1.82, 2.24) is 9.55 Å². The molecule has 0 fully saturated rings. The molecule has 21 heavy (non-hydrogen) atoms. The average molecular weight is 291 g/mol. The van der Waals surface area contributed by atoms with Gasteiger partial charge in [-0.1, -0.05) is 0 Å². The summed E-state index contributed by atoms with van der Waals surface area (Å²) in [6.07, 6.45) is -1.02. The van der Waals surface area contributed by atoms with E-state index in [-0.39, 0.29) is 5.69 Å². The summed E-state index contributed by atoms with van der Waals surface area (Å²) < 4.78 is 40.4. The summed E-state index contributed by atoms with van der Waals surface area (Å²) in [5.74, 6) is 0. The van der Waals surface area contributed by atoms with Crippen LogP contribution in [0.3, 0.4) is 0 Å². The molecular weight excluding hydrogens is 279 g/mol. The van der Waals surface area contributed by atoms with Crippen LogP contribution in [-0.2, 0) is 13.2 Å². The molecule has 3 aromatic rings. The topological polar surface area (TPSA) is 43.8 Å². The summed E-state index contributed by atoms with van der Waals surface area (Å²) in [6.45, 7) is 0. The summed E-state index contributed by atoms with van der Waals surface area (Å²) in [5, 5.41) is 0.867. The summed E-state index contributed by atoms with van der Waals surface area (Å²) >= 11 is 0. The molecule has 0 saturated heterocycles. The van der Waals surface area contributed by atoms with Gasteiger partial charge in [0.25, 0.3) is 0 Å². The molecule has 6 heteroatoms. The van der Waals surface area contributed by atoms with Gasteiger partial charge in [-0.25, -0.2) is 4.98 Å². The van der Waals surface area contributed by atoms with Crippen molar-refractivity contribution in [3.63, 3.8) is 0 Å². The number of hydrogen-bond donors (Lipinski definition) is 1. The van der Waals surface area contributed by atoms with Crippen LogP contribution in [0.5, 0.6) is 0 Å². The van der Waals surface area contributed by atoms with Crippen LogP contribution in [0.2, 0.25) is 0 Å². The maximum absolute atomic E-state index is 12.8. The number of halogens is 3. The van der Waals surface area contributed by atoms with Crippen LogP contribution in [0.1, 0.15) is 5.56 Å². The van der Waals surface area contributed by atoms with E-state index in [9.17, 15) is 13.2 Å². The molecule has 0 unspecified atom stereocenters. The van der Waals surface area contributed by atoms with Crippen LogP contribution in [0.15, 0.2) is 42.7 Å². The minimum atomic E-state index is -4.42. The molecule has 2 aromatic heterocycles. The van der Waals surface area contributed by atoms with Crippen LogP contribution in [0.4, 0.5) is 18.9 Å². The molecular formula is C15H12F3N3. The summed E-state index contributed by atoms with van der Waals surface area (Å²) in [4.78, 5) is 4.28. The predicted molar refractivity (Wildman–Crippen MR) is 75.6 cm³/mol. The number of alkyl halides is 3. The van der Waals surface area contributed by atoms with Crippen LogP contribution >= 0.6 is 0 Å². The van der Waals surface area contributed by atoms with Gasteiger partial charge in [0.2, 0.25) is 0 Å². The number of benzene rings is 1. The first-order valence-corrected chi connectivity index (χ1v) is 6.24. The molecule has 0 aliphatic heterocycles. The normalized spacial score (nSPS) is 12.0. The number of aromatic nitrogens is 2. The number of nitrogens with two attached hydrogens (primary N) is 1. The van der Waals surface area contributed by atoms with E-state index in [1.165, 1.54) is 6.07 Å². The Morgan fingerprint density at radius 1 is 1.10 bits per heavy atom. The number of aryl methyl sites for hydroxylation is 1. The first-order valence-electron chi connectivity index (χ1n) is 6.24. The molecule has 0 spiro atoms. The van der Waals surface area contributed by atoms with Gasteiger partial charge in [-0.2, -0.15) is 13.2 Å². The van der Waals surface area contributed by atoms with Crippen molar-refractivity contribution >= 4 is 16.7 Å². The number of nitrogen functional groups attached to an aromatic ring is 1. The lowest BCUT2D eigenvalue weighted by molar-refractivity contribution is -0.137. The lowest BCUT2D eigenvalue weighted by atomic mass is 10.0. The van der Waals surface area contributed by atoms with Crippen LogP contribution < -0.4 is 5.73 Å². The number of fused-ring (bicyclic) bond motifs is 1. The average Bonchev–Trinajstić information content (AvgIpc) is 2.78. The van der Waals surface area contributed by atoms with E-state index in [0.29, 0.717) is 11.1 Å². The molecule has 3 rings (SSSR count). The molecule has 0 aliphatic carbocycles. The van der Waals surface area contributed by atoms with Crippen molar-refractivity contribution < 1.29 is 13.2 Å². The third-order valence-electron chi connectivity index (χ3n) is 3.32. The zero-order valence-electron chi connectivity index (χ0n) is 11.1. The number of hydrogen-bond acceptors (Lipinski definition) is 2. The second kappa shape index (κ2) is 4.51. The molecule has 0 bridgehead atoms. The van der Waals surface area contributed by atoms with E-state index in [2.05, 4.69) is 4.98 Å². The summed E-state index contributed by atoms with van der Waals surface area (Å²) in [6, 6.07) is 7.20. The standard InChI is InChI=1S/C15H12F3N3/c1-21-3-2-9-4-11(8-20-14(9)21)10-5-12(15(16,17)18)7-13(19)6-10/h2-8H,19H2,1H3. The summed E-state index contributed by atoms with van der Waals surface area (Å²) in [5.41, 5.74) is 6.69. The number of anilines is 1. The van der Waals surface area contributed by atoms with Gasteiger partial charge in [0.05, 0.1) is 5.56 Å². The highest BCUT2D eigenvalue weighted by atomic mass is 19.4. The van der Waals surface area contributed by atoms with Crippen LogP contribution in [0, 0.1) is 0 Å². The fourth-order valence-electron chi connectivity index (χ4n) is 2.29. The Bertz CT molecular complexity index is 819. The third kappa shape index (κ3) is 2.44. The third-order valence-corrected chi connectivity index (χ3v) is 3.32. The molecule has 0 saturated carbocycles. The smallest absolute Gasteiger partial charge is 0.399 e. The molecule has 0 aliphatic rings. The van der Waals surface area contributed by atoms with Crippen molar-refractivity contribution in [3.8, 4) is 11.1 Å². The Kier molecular flexibility index (Phi) is 2.90. The van der Waals surface area contributed by atoms with Gasteiger partial charge >= 0.3 is 6.18 Å². The second-order valence-corrected chi connectivity index (χ2v) is 4.90. The maximum Gasteiger partial charge on any atom is 0.416 e. The minimum Gasteiger partial charge on any atom is -0.399 e.